The molecular formula is C22H23N3. The van der Waals surface area contributed by atoms with E-state index in [0.717, 1.165) is 0 Å². The molecule has 1 saturated heterocycles. The van der Waals surface area contributed by atoms with Crippen molar-refractivity contribution in [1.82, 2.24) is 16.0 Å². The van der Waals surface area contributed by atoms with Crippen LogP contribution in [0.2, 0.25) is 0 Å². The molecule has 3 nitrogen and oxygen atoms in total. The summed E-state index contributed by atoms with van der Waals surface area (Å²) in [5.41, 5.74) is 4.98. The van der Waals surface area contributed by atoms with Crippen molar-refractivity contribution < 1.29 is 0 Å². The van der Waals surface area contributed by atoms with E-state index < -0.39 is 0 Å². The van der Waals surface area contributed by atoms with E-state index in [0.29, 0.717) is 0 Å². The van der Waals surface area contributed by atoms with Crippen molar-refractivity contribution in [3.8, 4) is 11.1 Å². The molecule has 1 heterocycles. The van der Waals surface area contributed by atoms with Gasteiger partial charge in [-0.1, -0.05) is 78.9 Å². The molecule has 0 aliphatic carbocycles. The van der Waals surface area contributed by atoms with Gasteiger partial charge in [-0.05, 0) is 35.2 Å². The number of hydrogen-bond acceptors (Lipinski definition) is 3. The first-order valence-electron chi connectivity index (χ1n) is 8.78. The minimum atomic E-state index is 0.102. The maximum absolute atomic E-state index is 3.67. The molecule has 3 atom stereocenters. The average Bonchev–Trinajstić information content (AvgIpc) is 2.69. The van der Waals surface area contributed by atoms with Crippen molar-refractivity contribution in [1.29, 1.82) is 0 Å². The van der Waals surface area contributed by atoms with Crippen molar-refractivity contribution >= 4 is 0 Å². The van der Waals surface area contributed by atoms with Crippen LogP contribution in [0.3, 0.4) is 0 Å². The van der Waals surface area contributed by atoms with Crippen molar-refractivity contribution in [2.24, 2.45) is 0 Å². The molecule has 0 saturated carbocycles. The molecule has 0 bridgehead atoms. The first-order valence-corrected chi connectivity index (χ1v) is 8.78. The standard InChI is InChI=1S/C22H23N3/c1-16-23-21(18-11-6-3-7-12-18)25-22(24-16)20-14-8-13-19(15-20)17-9-4-2-5-10-17/h2-16,21-25H,1H3. The Bertz CT molecular complexity index is 817. The molecule has 3 N–H and O–H groups in total. The summed E-state index contributed by atoms with van der Waals surface area (Å²) < 4.78 is 0. The van der Waals surface area contributed by atoms with Crippen LogP contribution in [0.5, 0.6) is 0 Å². The topological polar surface area (TPSA) is 36.1 Å². The molecule has 25 heavy (non-hydrogen) atoms. The van der Waals surface area contributed by atoms with Gasteiger partial charge in [0.25, 0.3) is 0 Å². The van der Waals surface area contributed by atoms with E-state index in [9.17, 15) is 0 Å². The third-order valence-corrected chi connectivity index (χ3v) is 4.63. The molecule has 1 aliphatic rings. The molecular weight excluding hydrogens is 306 g/mol. The summed E-state index contributed by atoms with van der Waals surface area (Å²) in [6.45, 7) is 2.16. The van der Waals surface area contributed by atoms with Crippen LogP contribution in [0.1, 0.15) is 30.4 Å². The Kier molecular flexibility index (Phi) is 4.61. The fourth-order valence-corrected chi connectivity index (χ4v) is 3.37. The van der Waals surface area contributed by atoms with Crippen LogP contribution in [0.25, 0.3) is 11.1 Å². The summed E-state index contributed by atoms with van der Waals surface area (Å²) in [7, 11) is 0. The molecule has 0 radical (unpaired) electrons. The third kappa shape index (κ3) is 3.64. The smallest absolute Gasteiger partial charge is 0.0862 e. The van der Waals surface area contributed by atoms with Crippen LogP contribution in [0.4, 0.5) is 0 Å². The fraction of sp³-hybridized carbons (Fsp3) is 0.182. The second-order valence-electron chi connectivity index (χ2n) is 6.49. The summed E-state index contributed by atoms with van der Waals surface area (Å²) in [6.07, 6.45) is 0.449. The van der Waals surface area contributed by atoms with Crippen molar-refractivity contribution in [3.05, 3.63) is 96.1 Å². The Morgan fingerprint density at radius 2 is 1.12 bits per heavy atom. The van der Waals surface area contributed by atoms with E-state index in [4.69, 9.17) is 0 Å². The van der Waals surface area contributed by atoms with Crippen LogP contribution in [-0.2, 0) is 0 Å². The van der Waals surface area contributed by atoms with Crippen molar-refractivity contribution in [2.45, 2.75) is 25.4 Å². The maximum atomic E-state index is 3.67. The lowest BCUT2D eigenvalue weighted by molar-refractivity contribution is 0.213. The highest BCUT2D eigenvalue weighted by Crippen LogP contribution is 2.25. The summed E-state index contributed by atoms with van der Waals surface area (Å²) in [5, 5.41) is 10.8. The Labute approximate surface area is 149 Å². The number of benzene rings is 3. The van der Waals surface area contributed by atoms with Gasteiger partial charge < -0.3 is 0 Å². The first kappa shape index (κ1) is 16.0. The second-order valence-corrected chi connectivity index (χ2v) is 6.49. The molecule has 3 unspecified atom stereocenters. The molecule has 3 aromatic carbocycles. The van der Waals surface area contributed by atoms with E-state index in [1.807, 2.05) is 0 Å². The number of rotatable bonds is 3. The van der Waals surface area contributed by atoms with Crippen molar-refractivity contribution in [3.63, 3.8) is 0 Å². The van der Waals surface area contributed by atoms with E-state index in [-0.39, 0.29) is 18.5 Å². The zero-order valence-electron chi connectivity index (χ0n) is 14.3. The monoisotopic (exact) mass is 329 g/mol. The van der Waals surface area contributed by atoms with Gasteiger partial charge in [-0.2, -0.15) is 0 Å². The molecule has 0 aromatic heterocycles. The van der Waals surface area contributed by atoms with Gasteiger partial charge in [0, 0.05) is 0 Å². The highest BCUT2D eigenvalue weighted by Gasteiger charge is 2.26. The van der Waals surface area contributed by atoms with E-state index in [1.54, 1.807) is 0 Å². The van der Waals surface area contributed by atoms with Crippen LogP contribution in [0.15, 0.2) is 84.9 Å². The van der Waals surface area contributed by atoms with Gasteiger partial charge in [0.2, 0.25) is 0 Å². The normalized spacial score (nSPS) is 23.3. The van der Waals surface area contributed by atoms with Gasteiger partial charge in [-0.25, -0.2) is 0 Å². The van der Waals surface area contributed by atoms with Gasteiger partial charge in [-0.3, -0.25) is 16.0 Å². The Balaban J connectivity index is 1.61. The van der Waals surface area contributed by atoms with Crippen LogP contribution in [-0.4, -0.2) is 6.17 Å². The quantitative estimate of drug-likeness (QED) is 0.675. The van der Waals surface area contributed by atoms with E-state index >= 15 is 0 Å². The molecule has 126 valence electrons. The molecule has 4 rings (SSSR count). The third-order valence-electron chi connectivity index (χ3n) is 4.63. The highest BCUT2D eigenvalue weighted by atomic mass is 15.3. The van der Waals surface area contributed by atoms with E-state index in [1.165, 1.54) is 22.3 Å². The predicted octanol–water partition coefficient (Wildman–Crippen LogP) is 4.18. The largest absolute Gasteiger partial charge is 0.283 e. The number of hydrogen-bond donors (Lipinski definition) is 3. The molecule has 0 spiro atoms. The lowest BCUT2D eigenvalue weighted by Gasteiger charge is -2.38. The second kappa shape index (κ2) is 7.19. The molecule has 0 amide bonds. The van der Waals surface area contributed by atoms with Gasteiger partial charge in [0.15, 0.2) is 0 Å². The van der Waals surface area contributed by atoms with Crippen LogP contribution >= 0.6 is 0 Å². The van der Waals surface area contributed by atoms with Crippen molar-refractivity contribution in [2.75, 3.05) is 0 Å². The van der Waals surface area contributed by atoms with Gasteiger partial charge in [0.05, 0.1) is 18.5 Å². The van der Waals surface area contributed by atoms with Gasteiger partial charge in [0.1, 0.15) is 0 Å². The summed E-state index contributed by atoms with van der Waals surface area (Å²) >= 11 is 0. The molecule has 3 heteroatoms. The van der Waals surface area contributed by atoms with Crippen LogP contribution < -0.4 is 16.0 Å². The molecule has 1 fully saturated rings. The fourth-order valence-electron chi connectivity index (χ4n) is 3.37. The lowest BCUT2D eigenvalue weighted by atomic mass is 10.0. The van der Waals surface area contributed by atoms with E-state index in [2.05, 4.69) is 108 Å². The number of nitrogens with one attached hydrogen (secondary N) is 3. The van der Waals surface area contributed by atoms with Gasteiger partial charge >= 0.3 is 0 Å². The summed E-state index contributed by atoms with van der Waals surface area (Å²) in [5.74, 6) is 0. The summed E-state index contributed by atoms with van der Waals surface area (Å²) in [6, 6.07) is 29.8. The predicted molar refractivity (Wildman–Crippen MR) is 103 cm³/mol. The SMILES string of the molecule is CC1NC(c2ccccc2)NC(c2cccc(-c3ccccc3)c2)N1. The molecule has 3 aromatic rings. The minimum Gasteiger partial charge on any atom is -0.283 e. The lowest BCUT2D eigenvalue weighted by Crippen LogP contribution is -2.57. The van der Waals surface area contributed by atoms with Crippen LogP contribution in [0, 0.1) is 0 Å². The zero-order valence-corrected chi connectivity index (χ0v) is 14.3. The minimum absolute atomic E-state index is 0.102. The Morgan fingerprint density at radius 3 is 1.84 bits per heavy atom. The highest BCUT2D eigenvalue weighted by molar-refractivity contribution is 5.64. The van der Waals surface area contributed by atoms with Gasteiger partial charge in [-0.15, -0.1) is 0 Å². The summed E-state index contributed by atoms with van der Waals surface area (Å²) in [4.78, 5) is 0. The maximum Gasteiger partial charge on any atom is 0.0862 e. The first-order chi connectivity index (χ1) is 12.3. The zero-order chi connectivity index (χ0) is 17.1. The molecule has 1 aliphatic heterocycles. The average molecular weight is 329 g/mol. The Morgan fingerprint density at radius 1 is 0.560 bits per heavy atom. The Hall–Kier alpha value is -2.46.